The number of anilines is 1. The van der Waals surface area contributed by atoms with Crippen molar-refractivity contribution in [2.75, 3.05) is 18.4 Å². The quantitative estimate of drug-likeness (QED) is 0.690. The second-order valence-corrected chi connectivity index (χ2v) is 7.11. The number of carbonyl (C=O) groups excluding carboxylic acids is 1. The van der Waals surface area contributed by atoms with Crippen LogP contribution in [-0.4, -0.2) is 33.2 Å². The second-order valence-electron chi connectivity index (χ2n) is 6.75. The molecular weight excluding hydrogens is 346 g/mol. The number of amides is 1. The maximum atomic E-state index is 12.4. The molecule has 4 rings (SSSR count). The number of rotatable bonds is 4. The number of nitrogens with zero attached hydrogens (tertiary/aromatic N) is 3. The van der Waals surface area contributed by atoms with E-state index in [0.29, 0.717) is 0 Å². The zero-order chi connectivity index (χ0) is 17.9. The summed E-state index contributed by atoms with van der Waals surface area (Å²) in [7, 11) is 0. The summed E-state index contributed by atoms with van der Waals surface area (Å²) in [5.41, 5.74) is 1.73. The predicted octanol–water partition coefficient (Wildman–Crippen LogP) is 1.76. The molecule has 6 nitrogen and oxygen atoms in total. The fourth-order valence-corrected chi connectivity index (χ4v) is 3.75. The number of piperidine rings is 1. The van der Waals surface area contributed by atoms with E-state index in [2.05, 4.69) is 10.4 Å². The summed E-state index contributed by atoms with van der Waals surface area (Å²) in [6, 6.07) is 15.5. The third kappa shape index (κ3) is 3.54. The lowest BCUT2D eigenvalue weighted by atomic mass is 9.96. The van der Waals surface area contributed by atoms with Crippen LogP contribution in [0.4, 0.5) is 5.69 Å². The van der Waals surface area contributed by atoms with Crippen LogP contribution in [0.5, 0.6) is 0 Å². The fraction of sp³-hybridized carbons (Fsp3) is 0.316. The van der Waals surface area contributed by atoms with Crippen LogP contribution in [-0.2, 0) is 11.5 Å². The van der Waals surface area contributed by atoms with Gasteiger partial charge in [-0.3, -0.25) is 9.20 Å². The molecule has 134 valence electrons. The van der Waals surface area contributed by atoms with Crippen LogP contribution in [0.1, 0.15) is 12.8 Å². The molecule has 1 aromatic carbocycles. The molecule has 7 heteroatoms. The van der Waals surface area contributed by atoms with Crippen LogP contribution in [0, 0.1) is 10.7 Å². The molecule has 2 N–H and O–H groups in total. The molecule has 0 spiro atoms. The van der Waals surface area contributed by atoms with Crippen molar-refractivity contribution in [3.8, 4) is 0 Å². The molecule has 0 bridgehead atoms. The molecule has 0 aliphatic carbocycles. The lowest BCUT2D eigenvalue weighted by Crippen LogP contribution is -3.12. The number of carbonyl (C=O) groups is 1. The van der Waals surface area contributed by atoms with Gasteiger partial charge in [0.2, 0.25) is 10.7 Å². The van der Waals surface area contributed by atoms with Crippen LogP contribution in [0.25, 0.3) is 5.65 Å². The first-order valence-electron chi connectivity index (χ1n) is 8.94. The molecule has 3 aromatic rings. The van der Waals surface area contributed by atoms with Crippen molar-refractivity contribution in [1.29, 1.82) is 0 Å². The third-order valence-electron chi connectivity index (χ3n) is 4.97. The van der Waals surface area contributed by atoms with E-state index in [1.165, 1.54) is 4.90 Å². The van der Waals surface area contributed by atoms with E-state index in [1.807, 2.05) is 63.8 Å². The molecule has 1 aliphatic rings. The Kier molecular flexibility index (Phi) is 4.81. The largest absolute Gasteiger partial charge is 0.326 e. The lowest BCUT2D eigenvalue weighted by Gasteiger charge is -2.28. The van der Waals surface area contributed by atoms with Gasteiger partial charge >= 0.3 is 0 Å². The summed E-state index contributed by atoms with van der Waals surface area (Å²) in [4.78, 5) is 13.9. The van der Waals surface area contributed by atoms with Gasteiger partial charge in [0, 0.05) is 30.6 Å². The first kappa shape index (κ1) is 16.9. The van der Waals surface area contributed by atoms with Gasteiger partial charge in [-0.15, -0.1) is 5.10 Å². The van der Waals surface area contributed by atoms with Gasteiger partial charge in [0.1, 0.15) is 0 Å². The SMILES string of the molecule is O=C(Nc1ccccc1)C1CC[NH+](Cn2nc3ccccn3c2=S)CC1. The highest BCUT2D eigenvalue weighted by molar-refractivity contribution is 7.71. The van der Waals surface area contributed by atoms with Gasteiger partial charge < -0.3 is 10.2 Å². The number of hydrogen-bond donors (Lipinski definition) is 2. The Morgan fingerprint density at radius 1 is 1.15 bits per heavy atom. The van der Waals surface area contributed by atoms with Crippen molar-refractivity contribution < 1.29 is 9.69 Å². The minimum atomic E-state index is 0.0768. The lowest BCUT2D eigenvalue weighted by molar-refractivity contribution is -0.928. The van der Waals surface area contributed by atoms with Gasteiger partial charge in [0.25, 0.3) is 0 Å². The molecular formula is C19H22N5OS+. The topological polar surface area (TPSA) is 55.8 Å². The maximum absolute atomic E-state index is 12.4. The summed E-state index contributed by atoms with van der Waals surface area (Å²) in [6.45, 7) is 2.64. The number of benzene rings is 1. The van der Waals surface area contributed by atoms with Crippen LogP contribution >= 0.6 is 12.2 Å². The molecule has 0 unspecified atom stereocenters. The van der Waals surface area contributed by atoms with Crippen molar-refractivity contribution in [3.05, 3.63) is 59.5 Å². The molecule has 0 atom stereocenters. The minimum absolute atomic E-state index is 0.0768. The van der Waals surface area contributed by atoms with Gasteiger partial charge in [-0.25, -0.2) is 0 Å². The molecule has 1 fully saturated rings. The number of pyridine rings is 1. The van der Waals surface area contributed by atoms with Crippen LogP contribution in [0.3, 0.4) is 0 Å². The summed E-state index contributed by atoms with van der Waals surface area (Å²) in [5.74, 6) is 0.201. The van der Waals surface area contributed by atoms with E-state index in [-0.39, 0.29) is 11.8 Å². The maximum Gasteiger partial charge on any atom is 0.227 e. The van der Waals surface area contributed by atoms with Gasteiger partial charge in [0.15, 0.2) is 12.3 Å². The zero-order valence-electron chi connectivity index (χ0n) is 14.5. The number of fused-ring (bicyclic) bond motifs is 1. The average Bonchev–Trinajstić information content (AvgIpc) is 2.99. The number of aromatic nitrogens is 3. The molecule has 1 aliphatic heterocycles. The Morgan fingerprint density at radius 3 is 2.62 bits per heavy atom. The van der Waals surface area contributed by atoms with Crippen LogP contribution in [0.2, 0.25) is 0 Å². The Balaban J connectivity index is 1.35. The van der Waals surface area contributed by atoms with Gasteiger partial charge in [0.05, 0.1) is 13.1 Å². The predicted molar refractivity (Wildman–Crippen MR) is 103 cm³/mol. The normalized spacial score (nSPS) is 20.2. The third-order valence-corrected chi connectivity index (χ3v) is 5.37. The van der Waals surface area contributed by atoms with E-state index >= 15 is 0 Å². The van der Waals surface area contributed by atoms with Crippen LogP contribution in [0.15, 0.2) is 54.7 Å². The highest BCUT2D eigenvalue weighted by Crippen LogP contribution is 2.14. The number of quaternary nitrogens is 1. The van der Waals surface area contributed by atoms with E-state index in [4.69, 9.17) is 12.2 Å². The second kappa shape index (κ2) is 7.39. The standard InChI is InChI=1S/C19H21N5OS/c25-18(20-16-6-2-1-3-7-16)15-9-12-22(13-10-15)14-24-19(26)23-11-5-4-8-17(23)21-24/h1-8,11,15H,9-10,12-14H2,(H,20,25)/p+1. The minimum Gasteiger partial charge on any atom is -0.326 e. The highest BCUT2D eigenvalue weighted by Gasteiger charge is 2.28. The number of para-hydroxylation sites is 1. The molecule has 26 heavy (non-hydrogen) atoms. The summed E-state index contributed by atoms with van der Waals surface area (Å²) < 4.78 is 4.54. The summed E-state index contributed by atoms with van der Waals surface area (Å²) >= 11 is 5.52. The van der Waals surface area contributed by atoms with Crippen LogP contribution < -0.4 is 10.2 Å². The van der Waals surface area contributed by atoms with Gasteiger partial charge in [-0.05, 0) is 36.5 Å². The van der Waals surface area contributed by atoms with Gasteiger partial charge in [-0.1, -0.05) is 24.3 Å². The van der Waals surface area contributed by atoms with Crippen molar-refractivity contribution in [3.63, 3.8) is 0 Å². The van der Waals surface area contributed by atoms with E-state index < -0.39 is 0 Å². The molecule has 2 aromatic heterocycles. The van der Waals surface area contributed by atoms with Crippen molar-refractivity contribution in [2.24, 2.45) is 5.92 Å². The fourth-order valence-electron chi connectivity index (χ4n) is 3.50. The Bertz CT molecular complexity index is 957. The van der Waals surface area contributed by atoms with Gasteiger partial charge in [-0.2, -0.15) is 4.68 Å². The molecule has 0 radical (unpaired) electrons. The first-order valence-corrected chi connectivity index (χ1v) is 9.35. The molecule has 3 heterocycles. The average molecular weight is 368 g/mol. The number of hydrogen-bond acceptors (Lipinski definition) is 3. The monoisotopic (exact) mass is 368 g/mol. The van der Waals surface area contributed by atoms with Crippen molar-refractivity contribution in [1.82, 2.24) is 14.2 Å². The summed E-state index contributed by atoms with van der Waals surface area (Å²) in [5, 5.41) is 7.61. The summed E-state index contributed by atoms with van der Waals surface area (Å²) in [6.07, 6.45) is 3.71. The Labute approximate surface area is 157 Å². The Hall–Kier alpha value is -2.51. The van der Waals surface area contributed by atoms with E-state index in [1.54, 1.807) is 0 Å². The molecule has 1 saturated heterocycles. The number of likely N-dealkylation sites (tertiary alicyclic amines) is 1. The van der Waals surface area contributed by atoms with Crippen molar-refractivity contribution in [2.45, 2.75) is 19.5 Å². The van der Waals surface area contributed by atoms with E-state index in [9.17, 15) is 4.79 Å². The first-order chi connectivity index (χ1) is 12.7. The van der Waals surface area contributed by atoms with Crippen molar-refractivity contribution >= 4 is 29.5 Å². The van der Waals surface area contributed by atoms with E-state index in [0.717, 1.165) is 48.7 Å². The molecule has 0 saturated carbocycles. The highest BCUT2D eigenvalue weighted by atomic mass is 32.1. The Morgan fingerprint density at radius 2 is 1.88 bits per heavy atom. The number of nitrogens with one attached hydrogen (secondary N) is 2. The zero-order valence-corrected chi connectivity index (χ0v) is 15.3. The molecule has 1 amide bonds. The smallest absolute Gasteiger partial charge is 0.227 e.